The molecule has 1 aromatic heterocycles. The van der Waals surface area contributed by atoms with E-state index in [0.29, 0.717) is 29.7 Å². The van der Waals surface area contributed by atoms with Crippen LogP contribution in [-0.4, -0.2) is 45.9 Å². The fraction of sp³-hybridized carbons (Fsp3) is 0.273. The second-order valence-corrected chi connectivity index (χ2v) is 8.56. The van der Waals surface area contributed by atoms with Gasteiger partial charge in [0.2, 0.25) is 5.91 Å². The Morgan fingerprint density at radius 1 is 1.19 bits per heavy atom. The second kappa shape index (κ2) is 11.6. The lowest BCUT2D eigenvalue weighted by atomic mass is 10.1. The molecule has 0 saturated heterocycles. The molecule has 0 aliphatic rings. The van der Waals surface area contributed by atoms with Crippen LogP contribution in [0.25, 0.3) is 11.4 Å². The fourth-order valence-electron chi connectivity index (χ4n) is 2.90. The number of aryl methyl sites for hydroxylation is 1. The molecule has 0 aliphatic carbocycles. The number of hydrogen-bond donors (Lipinski definition) is 1. The summed E-state index contributed by atoms with van der Waals surface area (Å²) in [7, 11) is 1.65. The van der Waals surface area contributed by atoms with Gasteiger partial charge in [0.1, 0.15) is 0 Å². The zero-order chi connectivity index (χ0) is 22.1. The van der Waals surface area contributed by atoms with E-state index < -0.39 is 0 Å². The average molecular weight is 454 g/mol. The number of nitrogens with one attached hydrogen (secondary N) is 1. The van der Waals surface area contributed by atoms with E-state index in [1.54, 1.807) is 7.11 Å². The molecule has 0 aliphatic heterocycles. The van der Waals surface area contributed by atoms with Crippen molar-refractivity contribution in [3.05, 3.63) is 54.1 Å². The summed E-state index contributed by atoms with van der Waals surface area (Å²) in [6.07, 6.45) is 0. The van der Waals surface area contributed by atoms with Gasteiger partial charge in [-0.1, -0.05) is 47.7 Å². The third-order valence-corrected chi connectivity index (χ3v) is 6.21. The molecule has 0 saturated carbocycles. The molecule has 0 fully saturated rings. The largest absolute Gasteiger partial charge is 0.383 e. The van der Waals surface area contributed by atoms with Crippen molar-refractivity contribution >= 4 is 35.1 Å². The molecule has 31 heavy (non-hydrogen) atoms. The molecule has 2 aromatic carbocycles. The van der Waals surface area contributed by atoms with Crippen LogP contribution in [0.1, 0.15) is 5.56 Å². The Bertz CT molecular complexity index is 1080. The summed E-state index contributed by atoms with van der Waals surface area (Å²) in [5, 5.41) is 21.1. The van der Waals surface area contributed by atoms with Gasteiger partial charge < -0.3 is 10.1 Å². The molecule has 1 N–H and O–H groups in total. The van der Waals surface area contributed by atoms with Crippen molar-refractivity contribution in [2.24, 2.45) is 0 Å². The van der Waals surface area contributed by atoms with E-state index in [9.17, 15) is 4.79 Å². The minimum Gasteiger partial charge on any atom is -0.383 e. The summed E-state index contributed by atoms with van der Waals surface area (Å²) >= 11 is 2.72. The van der Waals surface area contributed by atoms with Crippen LogP contribution in [-0.2, 0) is 16.1 Å². The SMILES string of the molecule is COCCn1c(SCC(=O)Nc2ccccc2SCC#N)nnc1-c1cccc(C)c1. The summed E-state index contributed by atoms with van der Waals surface area (Å²) in [5.41, 5.74) is 2.82. The summed E-state index contributed by atoms with van der Waals surface area (Å²) in [6.45, 7) is 3.14. The maximum Gasteiger partial charge on any atom is 0.234 e. The first kappa shape index (κ1) is 22.9. The van der Waals surface area contributed by atoms with E-state index in [-0.39, 0.29) is 11.7 Å². The fourth-order valence-corrected chi connectivity index (χ4v) is 4.33. The zero-order valence-corrected chi connectivity index (χ0v) is 19.0. The minimum atomic E-state index is -0.145. The number of anilines is 1. The van der Waals surface area contributed by atoms with Crippen LogP contribution >= 0.6 is 23.5 Å². The van der Waals surface area contributed by atoms with Crippen molar-refractivity contribution in [1.82, 2.24) is 14.8 Å². The van der Waals surface area contributed by atoms with Crippen molar-refractivity contribution in [2.75, 3.05) is 30.5 Å². The highest BCUT2D eigenvalue weighted by molar-refractivity contribution is 8.00. The van der Waals surface area contributed by atoms with Gasteiger partial charge in [-0.25, -0.2) is 0 Å². The number of nitrogens with zero attached hydrogens (tertiary/aromatic N) is 4. The predicted molar refractivity (Wildman–Crippen MR) is 124 cm³/mol. The van der Waals surface area contributed by atoms with Gasteiger partial charge in [-0.05, 0) is 25.1 Å². The number of methoxy groups -OCH3 is 1. The van der Waals surface area contributed by atoms with E-state index in [1.165, 1.54) is 23.5 Å². The number of aromatic nitrogens is 3. The van der Waals surface area contributed by atoms with Crippen LogP contribution in [0, 0.1) is 18.3 Å². The molecule has 3 rings (SSSR count). The summed E-state index contributed by atoms with van der Waals surface area (Å²) in [6, 6.07) is 17.6. The van der Waals surface area contributed by atoms with Crippen molar-refractivity contribution in [1.29, 1.82) is 5.26 Å². The van der Waals surface area contributed by atoms with E-state index in [4.69, 9.17) is 10.00 Å². The highest BCUT2D eigenvalue weighted by atomic mass is 32.2. The topological polar surface area (TPSA) is 92.8 Å². The molecule has 0 unspecified atom stereocenters. The van der Waals surface area contributed by atoms with E-state index in [0.717, 1.165) is 21.8 Å². The van der Waals surface area contributed by atoms with Crippen LogP contribution in [0.4, 0.5) is 5.69 Å². The normalized spacial score (nSPS) is 10.6. The molecule has 9 heteroatoms. The average Bonchev–Trinajstić information content (AvgIpc) is 3.18. The molecule has 3 aromatic rings. The van der Waals surface area contributed by atoms with E-state index in [1.807, 2.05) is 54.0 Å². The molecule has 160 valence electrons. The van der Waals surface area contributed by atoms with E-state index >= 15 is 0 Å². The first-order chi connectivity index (χ1) is 15.1. The Hall–Kier alpha value is -2.80. The summed E-state index contributed by atoms with van der Waals surface area (Å²) < 4.78 is 7.22. The van der Waals surface area contributed by atoms with Crippen LogP contribution in [0.3, 0.4) is 0 Å². The lowest BCUT2D eigenvalue weighted by molar-refractivity contribution is -0.113. The Balaban J connectivity index is 1.71. The number of ether oxygens (including phenoxy) is 1. The maximum absolute atomic E-state index is 12.6. The molecule has 1 amide bonds. The standard InChI is InChI=1S/C22H23N5O2S2/c1-16-6-5-7-17(14-16)21-25-26-22(27(21)11-12-29-2)31-15-20(28)24-18-8-3-4-9-19(18)30-13-10-23/h3-9,14H,11-13,15H2,1-2H3,(H,24,28). The van der Waals surface area contributed by atoms with Crippen LogP contribution in [0.15, 0.2) is 58.6 Å². The highest BCUT2D eigenvalue weighted by Crippen LogP contribution is 2.28. The minimum absolute atomic E-state index is 0.145. The smallest absolute Gasteiger partial charge is 0.234 e. The monoisotopic (exact) mass is 453 g/mol. The Morgan fingerprint density at radius 3 is 2.81 bits per heavy atom. The van der Waals surface area contributed by atoms with Crippen LogP contribution < -0.4 is 5.32 Å². The maximum atomic E-state index is 12.6. The molecular formula is C22H23N5O2S2. The highest BCUT2D eigenvalue weighted by Gasteiger charge is 2.16. The first-order valence-corrected chi connectivity index (χ1v) is 11.6. The second-order valence-electron chi connectivity index (χ2n) is 6.60. The lowest BCUT2D eigenvalue weighted by Crippen LogP contribution is -2.15. The first-order valence-electron chi connectivity index (χ1n) is 9.63. The number of para-hydroxylation sites is 1. The van der Waals surface area contributed by atoms with Crippen LogP contribution in [0.2, 0.25) is 0 Å². The van der Waals surface area contributed by atoms with Gasteiger partial charge in [0.25, 0.3) is 0 Å². The number of amides is 1. The van der Waals surface area contributed by atoms with Gasteiger partial charge in [0.05, 0.1) is 36.4 Å². The van der Waals surface area contributed by atoms with Crippen molar-refractivity contribution < 1.29 is 9.53 Å². The molecule has 0 spiro atoms. The molecular weight excluding hydrogens is 430 g/mol. The van der Waals surface area contributed by atoms with Crippen molar-refractivity contribution in [3.63, 3.8) is 0 Å². The predicted octanol–water partition coefficient (Wildman–Crippen LogP) is 4.25. The number of nitriles is 1. The van der Waals surface area contributed by atoms with Gasteiger partial charge in [-0.15, -0.1) is 22.0 Å². The lowest BCUT2D eigenvalue weighted by Gasteiger charge is -2.11. The Kier molecular flexibility index (Phi) is 8.53. The third-order valence-electron chi connectivity index (χ3n) is 4.30. The van der Waals surface area contributed by atoms with Crippen molar-refractivity contribution in [3.8, 4) is 17.5 Å². The zero-order valence-electron chi connectivity index (χ0n) is 17.4. The van der Waals surface area contributed by atoms with Gasteiger partial charge >= 0.3 is 0 Å². The number of thioether (sulfide) groups is 2. The summed E-state index contributed by atoms with van der Waals surface area (Å²) in [4.78, 5) is 13.4. The number of carbonyl (C=O) groups is 1. The Labute approximate surface area is 190 Å². The number of hydrogen-bond acceptors (Lipinski definition) is 7. The van der Waals surface area contributed by atoms with Gasteiger partial charge in [0, 0.05) is 17.6 Å². The third kappa shape index (κ3) is 6.34. The molecule has 0 atom stereocenters. The number of benzene rings is 2. The Morgan fingerprint density at radius 2 is 2.03 bits per heavy atom. The van der Waals surface area contributed by atoms with Crippen LogP contribution in [0.5, 0.6) is 0 Å². The molecule has 0 bridgehead atoms. The van der Waals surface area contributed by atoms with Gasteiger partial charge in [0.15, 0.2) is 11.0 Å². The van der Waals surface area contributed by atoms with E-state index in [2.05, 4.69) is 27.6 Å². The quantitative estimate of drug-likeness (QED) is 0.459. The summed E-state index contributed by atoms with van der Waals surface area (Å²) in [5.74, 6) is 1.12. The molecule has 7 nitrogen and oxygen atoms in total. The number of rotatable bonds is 10. The van der Waals surface area contributed by atoms with Gasteiger partial charge in [-0.3, -0.25) is 9.36 Å². The molecule has 1 heterocycles. The van der Waals surface area contributed by atoms with Crippen molar-refractivity contribution in [2.45, 2.75) is 23.5 Å². The number of carbonyl (C=O) groups excluding carboxylic acids is 1. The van der Waals surface area contributed by atoms with Gasteiger partial charge in [-0.2, -0.15) is 5.26 Å². The molecule has 0 radical (unpaired) electrons.